The van der Waals surface area contributed by atoms with E-state index in [-0.39, 0.29) is 6.04 Å². The maximum atomic E-state index is 6.30. The minimum absolute atomic E-state index is 0.00685. The zero-order chi connectivity index (χ0) is 12.4. The highest BCUT2D eigenvalue weighted by Gasteiger charge is 2.17. The minimum atomic E-state index is -0.00685. The van der Waals surface area contributed by atoms with Gasteiger partial charge >= 0.3 is 0 Å². The number of rotatable bonds is 4. The van der Waals surface area contributed by atoms with Crippen LogP contribution < -0.4 is 5.73 Å². The number of aryl methyl sites for hydroxylation is 2. The normalized spacial score (nSPS) is 12.9. The molecule has 0 bridgehead atoms. The number of aromatic nitrogens is 2. The first-order valence-corrected chi connectivity index (χ1v) is 6.88. The van der Waals surface area contributed by atoms with Gasteiger partial charge in [-0.15, -0.1) is 11.3 Å². The Labute approximate surface area is 110 Å². The van der Waals surface area contributed by atoms with E-state index in [1.54, 1.807) is 11.3 Å². The van der Waals surface area contributed by atoms with Crippen molar-refractivity contribution in [2.75, 3.05) is 0 Å². The molecule has 0 saturated heterocycles. The van der Waals surface area contributed by atoms with Gasteiger partial charge in [0.2, 0.25) is 0 Å². The Morgan fingerprint density at radius 1 is 1.59 bits per heavy atom. The lowest BCUT2D eigenvalue weighted by molar-refractivity contribution is 0.644. The van der Waals surface area contributed by atoms with Gasteiger partial charge in [0, 0.05) is 24.4 Å². The van der Waals surface area contributed by atoms with Crippen LogP contribution in [0.4, 0.5) is 0 Å². The fourth-order valence-corrected chi connectivity index (χ4v) is 2.95. The van der Waals surface area contributed by atoms with Crippen LogP contribution in [0.2, 0.25) is 5.02 Å². The Hall–Kier alpha value is -0.840. The van der Waals surface area contributed by atoms with Crippen molar-refractivity contribution in [3.05, 3.63) is 38.8 Å². The Balaban J connectivity index is 2.21. The first-order valence-electron chi connectivity index (χ1n) is 5.62. The average Bonchev–Trinajstić information content (AvgIpc) is 2.92. The molecule has 2 N–H and O–H groups in total. The number of hydrogen-bond acceptors (Lipinski definition) is 3. The molecule has 0 spiro atoms. The number of nitrogens with two attached hydrogens (primary N) is 1. The van der Waals surface area contributed by atoms with E-state index < -0.39 is 0 Å². The number of halogens is 1. The van der Waals surface area contributed by atoms with Gasteiger partial charge in [0.1, 0.15) is 0 Å². The van der Waals surface area contributed by atoms with Gasteiger partial charge < -0.3 is 5.73 Å². The molecule has 92 valence electrons. The van der Waals surface area contributed by atoms with Gasteiger partial charge in [-0.1, -0.05) is 24.6 Å². The van der Waals surface area contributed by atoms with Crippen LogP contribution in [0.3, 0.4) is 0 Å². The second-order valence-corrected chi connectivity index (χ2v) is 5.37. The van der Waals surface area contributed by atoms with E-state index in [4.69, 9.17) is 17.3 Å². The maximum absolute atomic E-state index is 6.30. The van der Waals surface area contributed by atoms with Crippen molar-refractivity contribution < 1.29 is 0 Å². The monoisotopic (exact) mass is 269 g/mol. The topological polar surface area (TPSA) is 43.8 Å². The van der Waals surface area contributed by atoms with E-state index in [0.717, 1.165) is 29.3 Å². The van der Waals surface area contributed by atoms with Gasteiger partial charge in [0.15, 0.2) is 0 Å². The molecule has 0 amide bonds. The Kier molecular flexibility index (Phi) is 3.86. The maximum Gasteiger partial charge on any atom is 0.0850 e. The van der Waals surface area contributed by atoms with Crippen LogP contribution in [0.5, 0.6) is 0 Å². The van der Waals surface area contributed by atoms with Crippen molar-refractivity contribution in [3.8, 4) is 0 Å². The van der Waals surface area contributed by atoms with Crippen LogP contribution >= 0.6 is 22.9 Å². The number of hydrogen-bond donors (Lipinski definition) is 1. The molecule has 2 heterocycles. The first kappa shape index (κ1) is 12.6. The van der Waals surface area contributed by atoms with Gasteiger partial charge in [-0.3, -0.25) is 4.68 Å². The van der Waals surface area contributed by atoms with Crippen molar-refractivity contribution in [3.63, 3.8) is 0 Å². The summed E-state index contributed by atoms with van der Waals surface area (Å²) in [5.41, 5.74) is 8.14. The molecule has 0 radical (unpaired) electrons. The van der Waals surface area contributed by atoms with Gasteiger partial charge in [0.05, 0.1) is 16.4 Å². The third-order valence-corrected chi connectivity index (χ3v) is 4.27. The highest BCUT2D eigenvalue weighted by molar-refractivity contribution is 7.10. The quantitative estimate of drug-likeness (QED) is 0.927. The molecule has 5 heteroatoms. The molecular weight excluding hydrogens is 254 g/mol. The molecule has 0 aliphatic heterocycles. The smallest absolute Gasteiger partial charge is 0.0850 e. The second-order valence-electron chi connectivity index (χ2n) is 4.01. The summed E-state index contributed by atoms with van der Waals surface area (Å²) in [6, 6.07) is 4.07. The summed E-state index contributed by atoms with van der Waals surface area (Å²) in [7, 11) is 1.92. The number of thiophene rings is 1. The van der Waals surface area contributed by atoms with Crippen molar-refractivity contribution >= 4 is 22.9 Å². The van der Waals surface area contributed by atoms with Crippen LogP contribution in [-0.4, -0.2) is 9.78 Å². The molecule has 3 nitrogen and oxygen atoms in total. The fourth-order valence-electron chi connectivity index (χ4n) is 1.85. The molecule has 17 heavy (non-hydrogen) atoms. The third kappa shape index (κ3) is 2.54. The summed E-state index contributed by atoms with van der Waals surface area (Å²) in [6.07, 6.45) is 1.57. The summed E-state index contributed by atoms with van der Waals surface area (Å²) in [6.45, 7) is 2.05. The molecule has 1 atom stereocenters. The first-order chi connectivity index (χ1) is 8.13. The Bertz CT molecular complexity index is 490. The zero-order valence-corrected chi connectivity index (χ0v) is 11.6. The van der Waals surface area contributed by atoms with E-state index >= 15 is 0 Å². The summed E-state index contributed by atoms with van der Waals surface area (Å²) in [5, 5.41) is 7.20. The second kappa shape index (κ2) is 5.21. The molecular formula is C12H16ClN3S. The van der Waals surface area contributed by atoms with Crippen LogP contribution in [0.25, 0.3) is 0 Å². The molecule has 0 fully saturated rings. The van der Waals surface area contributed by atoms with Gasteiger partial charge in [-0.05, 0) is 17.9 Å². The molecule has 1 unspecified atom stereocenters. The van der Waals surface area contributed by atoms with E-state index in [9.17, 15) is 0 Å². The molecule has 0 aromatic carbocycles. The van der Waals surface area contributed by atoms with E-state index in [1.807, 2.05) is 23.2 Å². The van der Waals surface area contributed by atoms with Crippen LogP contribution in [0, 0.1) is 0 Å². The summed E-state index contributed by atoms with van der Waals surface area (Å²) in [4.78, 5) is 1.18. The summed E-state index contributed by atoms with van der Waals surface area (Å²) >= 11 is 7.98. The molecule has 2 aromatic rings. The van der Waals surface area contributed by atoms with Crippen LogP contribution in [-0.2, 0) is 19.9 Å². The van der Waals surface area contributed by atoms with Crippen molar-refractivity contribution in [1.29, 1.82) is 0 Å². The Morgan fingerprint density at radius 2 is 2.35 bits per heavy atom. The van der Waals surface area contributed by atoms with Crippen molar-refractivity contribution in [2.45, 2.75) is 25.8 Å². The number of nitrogens with zero attached hydrogens (tertiary/aromatic N) is 2. The van der Waals surface area contributed by atoms with E-state index in [2.05, 4.69) is 18.1 Å². The SMILES string of the molecule is CCc1nn(C)c(CC(N)c2cccs2)c1Cl. The van der Waals surface area contributed by atoms with E-state index in [1.165, 1.54) is 4.88 Å². The van der Waals surface area contributed by atoms with Crippen LogP contribution in [0.1, 0.15) is 29.2 Å². The third-order valence-electron chi connectivity index (χ3n) is 2.82. The summed E-state index contributed by atoms with van der Waals surface area (Å²) < 4.78 is 1.84. The van der Waals surface area contributed by atoms with Gasteiger partial charge in [-0.25, -0.2) is 0 Å². The molecule has 2 aromatic heterocycles. The minimum Gasteiger partial charge on any atom is -0.323 e. The highest BCUT2D eigenvalue weighted by Crippen LogP contribution is 2.26. The van der Waals surface area contributed by atoms with Gasteiger partial charge in [0.25, 0.3) is 0 Å². The fraction of sp³-hybridized carbons (Fsp3) is 0.417. The highest BCUT2D eigenvalue weighted by atomic mass is 35.5. The lowest BCUT2D eigenvalue weighted by atomic mass is 10.1. The summed E-state index contributed by atoms with van der Waals surface area (Å²) in [5.74, 6) is 0. The Morgan fingerprint density at radius 3 is 2.88 bits per heavy atom. The molecule has 0 aliphatic carbocycles. The van der Waals surface area contributed by atoms with Crippen LogP contribution in [0.15, 0.2) is 17.5 Å². The van der Waals surface area contributed by atoms with Gasteiger partial charge in [-0.2, -0.15) is 5.10 Å². The van der Waals surface area contributed by atoms with Crippen molar-refractivity contribution in [1.82, 2.24) is 9.78 Å². The molecule has 2 rings (SSSR count). The van der Waals surface area contributed by atoms with E-state index in [0.29, 0.717) is 0 Å². The van der Waals surface area contributed by atoms with Crippen molar-refractivity contribution in [2.24, 2.45) is 12.8 Å². The molecule has 0 aliphatic rings. The standard InChI is InChI=1S/C12H16ClN3S/c1-3-9-12(13)10(16(2)15-9)7-8(14)11-5-4-6-17-11/h4-6,8H,3,7,14H2,1-2H3. The lowest BCUT2D eigenvalue weighted by Gasteiger charge is -2.10. The predicted octanol–water partition coefficient (Wildman–Crippen LogP) is 2.94. The zero-order valence-electron chi connectivity index (χ0n) is 9.98. The lowest BCUT2D eigenvalue weighted by Crippen LogP contribution is -2.14. The largest absolute Gasteiger partial charge is 0.323 e. The molecule has 0 saturated carbocycles. The average molecular weight is 270 g/mol. The predicted molar refractivity (Wildman–Crippen MR) is 72.5 cm³/mol.